The quantitative estimate of drug-likeness (QED) is 0.743. The molecule has 6 heteroatoms. The van der Waals surface area contributed by atoms with Crippen molar-refractivity contribution in [2.45, 2.75) is 32.0 Å². The number of nitrogens with zero attached hydrogens (tertiary/aromatic N) is 1. The van der Waals surface area contributed by atoms with E-state index in [9.17, 15) is 5.11 Å². The minimum atomic E-state index is -0.467. The third kappa shape index (κ3) is 5.26. The van der Waals surface area contributed by atoms with Crippen LogP contribution in [0.5, 0.6) is 17.2 Å². The fourth-order valence-corrected chi connectivity index (χ4v) is 3.02. The molecule has 0 aromatic heterocycles. The number of methoxy groups -OCH3 is 3. The normalized spacial score (nSPS) is 16.7. The predicted molar refractivity (Wildman–Crippen MR) is 92.1 cm³/mol. The lowest BCUT2D eigenvalue weighted by atomic mass is 10.1. The van der Waals surface area contributed by atoms with Gasteiger partial charge in [0.1, 0.15) is 0 Å². The highest BCUT2D eigenvalue weighted by atomic mass is 16.5. The van der Waals surface area contributed by atoms with Crippen molar-refractivity contribution in [3.05, 3.63) is 17.7 Å². The number of ether oxygens (including phenoxy) is 4. The Kier molecular flexibility index (Phi) is 7.62. The SMILES string of the molecule is COc1cc(COC[C@@H](O)CN2CCCCC2)cc(OC)c1OC. The molecule has 0 bridgehead atoms. The van der Waals surface area contributed by atoms with Gasteiger partial charge in [-0.25, -0.2) is 0 Å². The molecule has 1 aliphatic rings. The van der Waals surface area contributed by atoms with Gasteiger partial charge in [0.2, 0.25) is 5.75 Å². The molecule has 136 valence electrons. The minimum absolute atomic E-state index is 0.313. The van der Waals surface area contributed by atoms with Crippen LogP contribution in [0.3, 0.4) is 0 Å². The number of benzene rings is 1. The van der Waals surface area contributed by atoms with Crippen molar-refractivity contribution < 1.29 is 24.1 Å². The Bertz CT molecular complexity index is 477. The molecule has 0 radical (unpaired) electrons. The van der Waals surface area contributed by atoms with Gasteiger partial charge >= 0.3 is 0 Å². The van der Waals surface area contributed by atoms with Crippen molar-refractivity contribution in [1.82, 2.24) is 4.90 Å². The second-order valence-corrected chi connectivity index (χ2v) is 6.06. The van der Waals surface area contributed by atoms with Gasteiger partial charge in [-0.05, 0) is 43.6 Å². The summed E-state index contributed by atoms with van der Waals surface area (Å²) in [7, 11) is 4.75. The average molecular weight is 339 g/mol. The number of rotatable bonds is 9. The molecule has 6 nitrogen and oxygen atoms in total. The summed E-state index contributed by atoms with van der Waals surface area (Å²) in [6.07, 6.45) is 3.27. The zero-order valence-electron chi connectivity index (χ0n) is 14.9. The zero-order chi connectivity index (χ0) is 17.4. The monoisotopic (exact) mass is 339 g/mol. The highest BCUT2D eigenvalue weighted by Gasteiger charge is 2.16. The van der Waals surface area contributed by atoms with E-state index in [1.807, 2.05) is 12.1 Å². The Labute approximate surface area is 144 Å². The average Bonchev–Trinajstić information content (AvgIpc) is 2.61. The number of aliphatic hydroxyl groups is 1. The molecule has 1 N–H and O–H groups in total. The van der Waals surface area contributed by atoms with E-state index in [-0.39, 0.29) is 0 Å². The lowest BCUT2D eigenvalue weighted by molar-refractivity contribution is 0.00705. The number of hydrogen-bond acceptors (Lipinski definition) is 6. The van der Waals surface area contributed by atoms with Crippen molar-refractivity contribution >= 4 is 0 Å². The maximum absolute atomic E-state index is 10.1. The number of piperidine rings is 1. The van der Waals surface area contributed by atoms with Gasteiger partial charge in [0, 0.05) is 6.54 Å². The van der Waals surface area contributed by atoms with Gasteiger partial charge in [0.05, 0.1) is 40.6 Å². The van der Waals surface area contributed by atoms with Crippen LogP contribution in [0.4, 0.5) is 0 Å². The van der Waals surface area contributed by atoms with Crippen LogP contribution in [0.1, 0.15) is 24.8 Å². The van der Waals surface area contributed by atoms with E-state index in [1.54, 1.807) is 21.3 Å². The molecule has 0 amide bonds. The standard InChI is InChI=1S/C18H29NO5/c1-21-16-9-14(10-17(22-2)18(16)23-3)12-24-13-15(20)11-19-7-5-4-6-8-19/h9-10,15,20H,4-8,11-13H2,1-3H3/t15-/m0/s1. The van der Waals surface area contributed by atoms with Crippen LogP contribution in [0.25, 0.3) is 0 Å². The van der Waals surface area contributed by atoms with Crippen LogP contribution in [-0.4, -0.2) is 63.7 Å². The number of likely N-dealkylation sites (tertiary alicyclic amines) is 1. The molecule has 1 aromatic carbocycles. The summed E-state index contributed by atoms with van der Waals surface area (Å²) in [6.45, 7) is 3.52. The van der Waals surface area contributed by atoms with Crippen LogP contribution in [-0.2, 0) is 11.3 Å². The molecule has 1 heterocycles. The second kappa shape index (κ2) is 9.71. The van der Waals surface area contributed by atoms with Gasteiger partial charge < -0.3 is 29.0 Å². The first-order valence-electron chi connectivity index (χ1n) is 8.45. The van der Waals surface area contributed by atoms with E-state index < -0.39 is 6.10 Å². The van der Waals surface area contributed by atoms with Crippen LogP contribution in [0, 0.1) is 0 Å². The molecular weight excluding hydrogens is 310 g/mol. The molecule has 2 rings (SSSR count). The van der Waals surface area contributed by atoms with Crippen molar-refractivity contribution in [2.24, 2.45) is 0 Å². The van der Waals surface area contributed by atoms with Gasteiger partial charge in [-0.3, -0.25) is 0 Å². The van der Waals surface area contributed by atoms with Gasteiger partial charge in [0.15, 0.2) is 11.5 Å². The van der Waals surface area contributed by atoms with Crippen molar-refractivity contribution in [3.8, 4) is 17.2 Å². The number of hydrogen-bond donors (Lipinski definition) is 1. The lowest BCUT2D eigenvalue weighted by Gasteiger charge is -2.28. The number of aliphatic hydroxyl groups excluding tert-OH is 1. The summed E-state index contributed by atoms with van der Waals surface area (Å²) in [5, 5.41) is 10.1. The summed E-state index contributed by atoms with van der Waals surface area (Å²) in [4.78, 5) is 2.30. The number of β-amino-alcohol motifs (C(OH)–C–C–N with tert-alkyl or cyclic N) is 1. The first-order valence-corrected chi connectivity index (χ1v) is 8.45. The first-order chi connectivity index (χ1) is 11.7. The van der Waals surface area contributed by atoms with Gasteiger partial charge in [-0.2, -0.15) is 0 Å². The Balaban J connectivity index is 1.84. The third-order valence-electron chi connectivity index (χ3n) is 4.22. The molecule has 0 spiro atoms. The molecule has 1 atom stereocenters. The maximum Gasteiger partial charge on any atom is 0.203 e. The van der Waals surface area contributed by atoms with E-state index in [0.29, 0.717) is 37.0 Å². The Morgan fingerprint density at radius 2 is 1.62 bits per heavy atom. The van der Waals surface area contributed by atoms with E-state index in [2.05, 4.69) is 4.90 Å². The summed E-state index contributed by atoms with van der Waals surface area (Å²) < 4.78 is 21.6. The van der Waals surface area contributed by atoms with E-state index in [4.69, 9.17) is 18.9 Å². The second-order valence-electron chi connectivity index (χ2n) is 6.06. The summed E-state index contributed by atoms with van der Waals surface area (Å²) >= 11 is 0. The van der Waals surface area contributed by atoms with E-state index >= 15 is 0 Å². The highest BCUT2D eigenvalue weighted by molar-refractivity contribution is 5.53. The van der Waals surface area contributed by atoms with E-state index in [1.165, 1.54) is 19.3 Å². The fraction of sp³-hybridized carbons (Fsp3) is 0.667. The minimum Gasteiger partial charge on any atom is -0.493 e. The maximum atomic E-state index is 10.1. The predicted octanol–water partition coefficient (Wildman–Crippen LogP) is 2.08. The molecule has 0 unspecified atom stereocenters. The Morgan fingerprint density at radius 3 is 2.17 bits per heavy atom. The van der Waals surface area contributed by atoms with Crippen molar-refractivity contribution in [3.63, 3.8) is 0 Å². The summed E-state index contributed by atoms with van der Waals surface area (Å²) in [5.74, 6) is 1.77. The van der Waals surface area contributed by atoms with Crippen molar-refractivity contribution in [1.29, 1.82) is 0 Å². The van der Waals surface area contributed by atoms with Crippen LogP contribution >= 0.6 is 0 Å². The lowest BCUT2D eigenvalue weighted by Crippen LogP contribution is -2.38. The zero-order valence-corrected chi connectivity index (χ0v) is 14.9. The van der Waals surface area contributed by atoms with Crippen LogP contribution in [0.15, 0.2) is 12.1 Å². The van der Waals surface area contributed by atoms with Gasteiger partial charge in [-0.1, -0.05) is 6.42 Å². The smallest absolute Gasteiger partial charge is 0.203 e. The fourth-order valence-electron chi connectivity index (χ4n) is 3.02. The van der Waals surface area contributed by atoms with Gasteiger partial charge in [-0.15, -0.1) is 0 Å². The largest absolute Gasteiger partial charge is 0.493 e. The Morgan fingerprint density at radius 1 is 1.00 bits per heavy atom. The van der Waals surface area contributed by atoms with Gasteiger partial charge in [0.25, 0.3) is 0 Å². The van der Waals surface area contributed by atoms with Crippen LogP contribution in [0.2, 0.25) is 0 Å². The third-order valence-corrected chi connectivity index (χ3v) is 4.22. The molecule has 0 saturated carbocycles. The van der Waals surface area contributed by atoms with E-state index in [0.717, 1.165) is 18.7 Å². The summed E-state index contributed by atoms with van der Waals surface area (Å²) in [6, 6.07) is 3.72. The Hall–Kier alpha value is -1.50. The molecule has 0 aliphatic carbocycles. The molecule has 1 aliphatic heterocycles. The molecule has 1 saturated heterocycles. The summed E-state index contributed by atoms with van der Waals surface area (Å²) in [5.41, 5.74) is 0.912. The molecular formula is C18H29NO5. The molecule has 24 heavy (non-hydrogen) atoms. The first kappa shape index (κ1) is 18.8. The molecule has 1 aromatic rings. The molecule has 1 fully saturated rings. The van der Waals surface area contributed by atoms with Crippen LogP contribution < -0.4 is 14.2 Å². The highest BCUT2D eigenvalue weighted by Crippen LogP contribution is 2.38. The van der Waals surface area contributed by atoms with Crippen molar-refractivity contribution in [2.75, 3.05) is 47.6 Å². The topological polar surface area (TPSA) is 60.4 Å².